The van der Waals surface area contributed by atoms with Crippen LogP contribution in [0.4, 0.5) is 4.39 Å². The highest BCUT2D eigenvalue weighted by Gasteiger charge is 2.01. The summed E-state index contributed by atoms with van der Waals surface area (Å²) in [5, 5.41) is 0. The van der Waals surface area contributed by atoms with Gasteiger partial charge in [0.15, 0.2) is 0 Å². The maximum absolute atomic E-state index is 12.4. The largest absolute Gasteiger partial charge is 0.254 e. The predicted octanol–water partition coefficient (Wildman–Crippen LogP) is 2.17. The molecule has 0 amide bonds. The molecule has 0 N–H and O–H groups in total. The van der Waals surface area contributed by atoms with Gasteiger partial charge in [0, 0.05) is 16.5 Å². The zero-order valence-electron chi connectivity index (χ0n) is 6.30. The molecule has 0 fully saturated rings. The van der Waals surface area contributed by atoms with E-state index in [1.54, 1.807) is 0 Å². The lowest BCUT2D eigenvalue weighted by atomic mass is 10.4. The van der Waals surface area contributed by atoms with Gasteiger partial charge in [-0.05, 0) is 24.3 Å². The zero-order chi connectivity index (χ0) is 8.97. The van der Waals surface area contributed by atoms with Crippen LogP contribution in [0.15, 0.2) is 29.2 Å². The van der Waals surface area contributed by atoms with Crippen molar-refractivity contribution in [1.29, 1.82) is 0 Å². The third-order valence-electron chi connectivity index (χ3n) is 1.34. The number of hydrogen-bond donors (Lipinski definition) is 0. The minimum Gasteiger partial charge on any atom is -0.254 e. The van der Waals surface area contributed by atoms with Gasteiger partial charge in [0.25, 0.3) is 0 Å². The molecule has 4 heteroatoms. The number of rotatable bonds is 3. The first kappa shape index (κ1) is 9.68. The van der Waals surface area contributed by atoms with E-state index in [0.717, 1.165) is 0 Å². The first-order valence-corrected chi connectivity index (χ1v) is 5.29. The summed E-state index contributed by atoms with van der Waals surface area (Å²) in [6.07, 6.45) is 0. The van der Waals surface area contributed by atoms with Gasteiger partial charge in [-0.2, -0.15) is 0 Å². The van der Waals surface area contributed by atoms with Crippen molar-refractivity contribution in [2.24, 2.45) is 0 Å². The first-order chi connectivity index (χ1) is 5.74. The van der Waals surface area contributed by atoms with E-state index in [1.165, 1.54) is 24.3 Å². The Labute approximate surface area is 78.0 Å². The van der Waals surface area contributed by atoms with E-state index >= 15 is 0 Å². The second-order valence-corrected chi connectivity index (χ2v) is 4.14. The van der Waals surface area contributed by atoms with Crippen molar-refractivity contribution in [1.82, 2.24) is 0 Å². The van der Waals surface area contributed by atoms with Crippen LogP contribution < -0.4 is 0 Å². The van der Waals surface area contributed by atoms with E-state index in [9.17, 15) is 8.60 Å². The summed E-state index contributed by atoms with van der Waals surface area (Å²) in [4.78, 5) is 0.622. The second kappa shape index (κ2) is 4.58. The molecule has 1 aromatic rings. The summed E-state index contributed by atoms with van der Waals surface area (Å²) in [5.74, 6) is 0.443. The Morgan fingerprint density at radius 1 is 1.33 bits per heavy atom. The molecule has 0 saturated heterocycles. The highest BCUT2D eigenvalue weighted by molar-refractivity contribution is 7.85. The average Bonchev–Trinajstić information content (AvgIpc) is 2.06. The first-order valence-electron chi connectivity index (χ1n) is 3.44. The number of hydrogen-bond acceptors (Lipinski definition) is 1. The van der Waals surface area contributed by atoms with Crippen molar-refractivity contribution < 1.29 is 8.60 Å². The molecule has 0 radical (unpaired) electrons. The number of benzene rings is 1. The van der Waals surface area contributed by atoms with Crippen molar-refractivity contribution in [3.63, 3.8) is 0 Å². The Balaban J connectivity index is 2.75. The molecule has 1 atom stereocenters. The Hall–Kier alpha value is -0.410. The average molecular weight is 207 g/mol. The fourth-order valence-corrected chi connectivity index (χ4v) is 2.01. The molecule has 1 aromatic carbocycles. The van der Waals surface area contributed by atoms with Gasteiger partial charge in [-0.3, -0.25) is 4.21 Å². The molecular formula is C8H8ClFOS. The summed E-state index contributed by atoms with van der Waals surface area (Å²) < 4.78 is 23.7. The number of alkyl halides is 1. The number of halogens is 2. The van der Waals surface area contributed by atoms with E-state index < -0.39 is 10.8 Å². The van der Waals surface area contributed by atoms with Gasteiger partial charge in [-0.15, -0.1) is 11.6 Å². The van der Waals surface area contributed by atoms with Crippen LogP contribution in [-0.2, 0) is 10.8 Å². The lowest BCUT2D eigenvalue weighted by molar-refractivity contribution is 0.626. The topological polar surface area (TPSA) is 17.1 Å². The van der Waals surface area contributed by atoms with Crippen molar-refractivity contribution in [2.45, 2.75) is 4.90 Å². The third kappa shape index (κ3) is 2.57. The van der Waals surface area contributed by atoms with E-state index in [1.807, 2.05) is 0 Å². The monoisotopic (exact) mass is 206 g/mol. The molecule has 0 heterocycles. The molecule has 0 spiro atoms. The summed E-state index contributed by atoms with van der Waals surface area (Å²) in [5.41, 5.74) is 0. The third-order valence-corrected chi connectivity index (χ3v) is 3.13. The lowest BCUT2D eigenvalue weighted by Crippen LogP contribution is -1.98. The molecule has 0 saturated carbocycles. The molecule has 0 bridgehead atoms. The van der Waals surface area contributed by atoms with Crippen LogP contribution in [-0.4, -0.2) is 15.8 Å². The summed E-state index contributed by atoms with van der Waals surface area (Å²) in [6, 6.07) is 5.61. The van der Waals surface area contributed by atoms with Crippen LogP contribution in [0, 0.1) is 5.82 Å². The van der Waals surface area contributed by atoms with Crippen molar-refractivity contribution >= 4 is 22.4 Å². The molecule has 0 aliphatic heterocycles. The molecule has 0 unspecified atom stereocenters. The smallest absolute Gasteiger partial charge is 0.123 e. The SMILES string of the molecule is O=[S@](CCCl)c1ccc(F)cc1. The molecule has 0 aliphatic rings. The predicted molar refractivity (Wildman–Crippen MR) is 48.4 cm³/mol. The summed E-state index contributed by atoms with van der Waals surface area (Å²) in [6.45, 7) is 0. The second-order valence-electron chi connectivity index (χ2n) is 2.19. The van der Waals surface area contributed by atoms with Gasteiger partial charge in [0.2, 0.25) is 0 Å². The Morgan fingerprint density at radius 2 is 1.92 bits per heavy atom. The van der Waals surface area contributed by atoms with Crippen LogP contribution >= 0.6 is 11.6 Å². The maximum Gasteiger partial charge on any atom is 0.123 e. The van der Waals surface area contributed by atoms with Crippen LogP contribution in [0.25, 0.3) is 0 Å². The maximum atomic E-state index is 12.4. The van der Waals surface area contributed by atoms with Gasteiger partial charge in [-0.25, -0.2) is 4.39 Å². The van der Waals surface area contributed by atoms with Crippen molar-refractivity contribution in [3.05, 3.63) is 30.1 Å². The zero-order valence-corrected chi connectivity index (χ0v) is 7.87. The van der Waals surface area contributed by atoms with Crippen LogP contribution in [0.2, 0.25) is 0 Å². The Kier molecular flexibility index (Phi) is 3.69. The van der Waals surface area contributed by atoms with E-state index in [2.05, 4.69) is 0 Å². The minimum absolute atomic E-state index is 0.318. The minimum atomic E-state index is -1.09. The standard InChI is InChI=1S/C8H8ClFOS/c9-5-6-12(11)8-3-1-7(10)2-4-8/h1-4H,5-6H2/t12-/m1/s1. The fourth-order valence-electron chi connectivity index (χ4n) is 0.774. The van der Waals surface area contributed by atoms with Crippen LogP contribution in [0.3, 0.4) is 0 Å². The van der Waals surface area contributed by atoms with Crippen LogP contribution in [0.5, 0.6) is 0 Å². The van der Waals surface area contributed by atoms with Gasteiger partial charge in [0.1, 0.15) is 5.82 Å². The summed E-state index contributed by atoms with van der Waals surface area (Å²) >= 11 is 5.41. The Bertz CT molecular complexity index is 273. The van der Waals surface area contributed by atoms with Crippen LogP contribution in [0.1, 0.15) is 0 Å². The van der Waals surface area contributed by atoms with E-state index in [0.29, 0.717) is 16.5 Å². The van der Waals surface area contributed by atoms with Crippen molar-refractivity contribution in [2.75, 3.05) is 11.6 Å². The van der Waals surface area contributed by atoms with Gasteiger partial charge in [0.05, 0.1) is 10.8 Å². The lowest BCUT2D eigenvalue weighted by Gasteiger charge is -1.98. The molecule has 1 rings (SSSR count). The normalized spacial score (nSPS) is 12.8. The molecule has 0 aromatic heterocycles. The van der Waals surface area contributed by atoms with Gasteiger partial charge in [-0.1, -0.05) is 0 Å². The molecule has 0 aliphatic carbocycles. The summed E-state index contributed by atoms with van der Waals surface area (Å²) in [7, 11) is -1.09. The molecule has 66 valence electrons. The molecule has 1 nitrogen and oxygen atoms in total. The van der Waals surface area contributed by atoms with E-state index in [4.69, 9.17) is 11.6 Å². The fraction of sp³-hybridized carbons (Fsp3) is 0.250. The highest BCUT2D eigenvalue weighted by Crippen LogP contribution is 2.07. The van der Waals surface area contributed by atoms with Crippen molar-refractivity contribution in [3.8, 4) is 0 Å². The molecular weight excluding hydrogens is 199 g/mol. The van der Waals surface area contributed by atoms with Gasteiger partial charge >= 0.3 is 0 Å². The van der Waals surface area contributed by atoms with Gasteiger partial charge < -0.3 is 0 Å². The van der Waals surface area contributed by atoms with E-state index in [-0.39, 0.29) is 5.82 Å². The highest BCUT2D eigenvalue weighted by atomic mass is 35.5. The quantitative estimate of drug-likeness (QED) is 0.693. The Morgan fingerprint density at radius 3 is 2.42 bits per heavy atom. The molecule has 12 heavy (non-hydrogen) atoms.